The molecule has 0 aromatic carbocycles. The average Bonchev–Trinajstić information content (AvgIpc) is 3.28. The molecule has 120 valence electrons. The van der Waals surface area contributed by atoms with Gasteiger partial charge in [-0.3, -0.25) is 4.98 Å². The van der Waals surface area contributed by atoms with Crippen molar-refractivity contribution in [3.8, 4) is 17.1 Å². The van der Waals surface area contributed by atoms with Crippen molar-refractivity contribution in [1.82, 2.24) is 19.6 Å². The average molecular weight is 336 g/mol. The van der Waals surface area contributed by atoms with Crippen LogP contribution in [-0.4, -0.2) is 26.2 Å². The van der Waals surface area contributed by atoms with Gasteiger partial charge in [-0.2, -0.15) is 11.3 Å². The van der Waals surface area contributed by atoms with E-state index in [1.165, 1.54) is 5.56 Å². The van der Waals surface area contributed by atoms with Crippen molar-refractivity contribution in [1.29, 1.82) is 0 Å². The lowest BCUT2D eigenvalue weighted by atomic mass is 10.2. The Hall–Kier alpha value is -2.73. The van der Waals surface area contributed by atoms with E-state index < -0.39 is 0 Å². The van der Waals surface area contributed by atoms with Gasteiger partial charge in [-0.05, 0) is 42.0 Å². The van der Waals surface area contributed by atoms with E-state index in [0.29, 0.717) is 12.5 Å². The summed E-state index contributed by atoms with van der Waals surface area (Å²) in [6, 6.07) is 9.90. The number of hydrogen-bond donors (Lipinski definition) is 0. The van der Waals surface area contributed by atoms with Crippen LogP contribution in [0.15, 0.2) is 59.7 Å². The van der Waals surface area contributed by atoms with Gasteiger partial charge in [-0.1, -0.05) is 6.07 Å². The summed E-state index contributed by atoms with van der Waals surface area (Å²) in [6.07, 6.45) is 7.39. The van der Waals surface area contributed by atoms with E-state index in [1.807, 2.05) is 40.5 Å². The van der Waals surface area contributed by atoms with Crippen molar-refractivity contribution in [2.24, 2.45) is 0 Å². The molecule has 0 spiro atoms. The van der Waals surface area contributed by atoms with Crippen LogP contribution < -0.4 is 4.74 Å². The summed E-state index contributed by atoms with van der Waals surface area (Å²) >= 11 is 1.66. The fourth-order valence-corrected chi connectivity index (χ4v) is 3.19. The maximum atomic E-state index is 5.80. The van der Waals surface area contributed by atoms with Gasteiger partial charge in [-0.25, -0.2) is 9.50 Å². The first-order chi connectivity index (χ1) is 11.9. The molecule has 0 radical (unpaired) electrons. The zero-order chi connectivity index (χ0) is 16.2. The number of pyridine rings is 1. The van der Waals surface area contributed by atoms with Crippen LogP contribution in [0.1, 0.15) is 12.0 Å². The number of thiophene rings is 1. The molecule has 5 nitrogen and oxygen atoms in total. The van der Waals surface area contributed by atoms with Crippen molar-refractivity contribution in [2.45, 2.75) is 12.8 Å². The van der Waals surface area contributed by atoms with Gasteiger partial charge in [-0.15, -0.1) is 5.10 Å². The minimum absolute atomic E-state index is 0.614. The highest BCUT2D eigenvalue weighted by Gasteiger charge is 2.08. The van der Waals surface area contributed by atoms with E-state index in [-0.39, 0.29) is 0 Å². The van der Waals surface area contributed by atoms with Crippen molar-refractivity contribution in [3.63, 3.8) is 0 Å². The fourth-order valence-electron chi connectivity index (χ4n) is 2.54. The monoisotopic (exact) mass is 336 g/mol. The molecule has 4 aromatic heterocycles. The molecule has 0 unspecified atom stereocenters. The van der Waals surface area contributed by atoms with Crippen LogP contribution in [0.4, 0.5) is 0 Å². The Balaban J connectivity index is 1.44. The van der Waals surface area contributed by atoms with Crippen LogP contribution in [0.2, 0.25) is 0 Å². The molecule has 0 aliphatic rings. The highest BCUT2D eigenvalue weighted by atomic mass is 32.1. The topological polar surface area (TPSA) is 52.3 Å². The summed E-state index contributed by atoms with van der Waals surface area (Å²) in [5.74, 6) is 0.614. The summed E-state index contributed by atoms with van der Waals surface area (Å²) in [5.41, 5.74) is 4.14. The fraction of sp³-hybridized carbons (Fsp3) is 0.167. The zero-order valence-electron chi connectivity index (χ0n) is 13.0. The maximum absolute atomic E-state index is 5.80. The van der Waals surface area contributed by atoms with Crippen LogP contribution >= 0.6 is 11.3 Å². The van der Waals surface area contributed by atoms with E-state index >= 15 is 0 Å². The first-order valence-corrected chi connectivity index (χ1v) is 8.73. The smallest absolute Gasteiger partial charge is 0.231 e. The standard InChI is InChI=1S/C18H16N4OS/c1-3-14(11-19-8-1)4-2-9-23-18-6-5-17-20-12-16(22(17)21-18)15-7-10-24-13-15/h1,3,5-8,10-13H,2,4,9H2. The second-order valence-electron chi connectivity index (χ2n) is 5.41. The Labute approximate surface area is 143 Å². The molecule has 0 bridgehead atoms. The lowest BCUT2D eigenvalue weighted by Crippen LogP contribution is -2.03. The molecular weight excluding hydrogens is 320 g/mol. The number of nitrogens with zero attached hydrogens (tertiary/aromatic N) is 4. The molecule has 4 aromatic rings. The second-order valence-corrected chi connectivity index (χ2v) is 6.19. The normalized spacial score (nSPS) is 11.0. The van der Waals surface area contributed by atoms with Gasteiger partial charge >= 0.3 is 0 Å². The number of aromatic nitrogens is 4. The van der Waals surface area contributed by atoms with Crippen molar-refractivity contribution in [3.05, 3.63) is 65.2 Å². The summed E-state index contributed by atoms with van der Waals surface area (Å²) in [7, 11) is 0. The Bertz CT molecular complexity index is 919. The van der Waals surface area contributed by atoms with Crippen LogP contribution in [0.25, 0.3) is 16.9 Å². The van der Waals surface area contributed by atoms with Crippen LogP contribution in [0, 0.1) is 0 Å². The molecule has 0 saturated carbocycles. The minimum Gasteiger partial charge on any atom is -0.477 e. The van der Waals surface area contributed by atoms with E-state index in [9.17, 15) is 0 Å². The molecule has 0 aliphatic heterocycles. The number of rotatable bonds is 6. The Morgan fingerprint density at radius 1 is 1.12 bits per heavy atom. The summed E-state index contributed by atoms with van der Waals surface area (Å²) < 4.78 is 7.63. The molecule has 0 atom stereocenters. The molecule has 4 heterocycles. The van der Waals surface area contributed by atoms with E-state index in [0.717, 1.165) is 29.7 Å². The minimum atomic E-state index is 0.614. The number of imidazole rings is 1. The molecule has 24 heavy (non-hydrogen) atoms. The highest BCUT2D eigenvalue weighted by Crippen LogP contribution is 2.23. The molecular formula is C18H16N4OS. The van der Waals surface area contributed by atoms with Gasteiger partial charge in [0.2, 0.25) is 5.88 Å². The molecule has 0 amide bonds. The van der Waals surface area contributed by atoms with E-state index in [4.69, 9.17) is 4.74 Å². The largest absolute Gasteiger partial charge is 0.477 e. The Kier molecular flexibility index (Phi) is 4.20. The highest BCUT2D eigenvalue weighted by molar-refractivity contribution is 7.08. The van der Waals surface area contributed by atoms with E-state index in [1.54, 1.807) is 17.5 Å². The third kappa shape index (κ3) is 3.14. The van der Waals surface area contributed by atoms with Crippen LogP contribution in [0.3, 0.4) is 0 Å². The van der Waals surface area contributed by atoms with Crippen molar-refractivity contribution >= 4 is 17.0 Å². The first kappa shape index (κ1) is 14.8. The van der Waals surface area contributed by atoms with E-state index in [2.05, 4.69) is 32.6 Å². The predicted molar refractivity (Wildman–Crippen MR) is 94.4 cm³/mol. The zero-order valence-corrected chi connectivity index (χ0v) is 13.8. The number of ether oxygens (including phenoxy) is 1. The quantitative estimate of drug-likeness (QED) is 0.502. The molecule has 0 saturated heterocycles. The molecule has 0 aliphatic carbocycles. The third-order valence-corrected chi connectivity index (χ3v) is 4.42. The van der Waals surface area contributed by atoms with Crippen LogP contribution in [0.5, 0.6) is 5.88 Å². The van der Waals surface area contributed by atoms with Crippen LogP contribution in [-0.2, 0) is 6.42 Å². The SMILES string of the molecule is c1cncc(CCCOc2ccc3ncc(-c4ccsc4)n3n2)c1. The van der Waals surface area contributed by atoms with Gasteiger partial charge in [0, 0.05) is 29.4 Å². The Morgan fingerprint density at radius 3 is 2.96 bits per heavy atom. The summed E-state index contributed by atoms with van der Waals surface area (Å²) in [6.45, 7) is 0.621. The lowest BCUT2D eigenvalue weighted by Gasteiger charge is -2.06. The van der Waals surface area contributed by atoms with Gasteiger partial charge in [0.05, 0.1) is 18.5 Å². The number of fused-ring (bicyclic) bond motifs is 1. The number of aryl methyl sites for hydroxylation is 1. The van der Waals surface area contributed by atoms with Crippen molar-refractivity contribution in [2.75, 3.05) is 6.61 Å². The first-order valence-electron chi connectivity index (χ1n) is 7.79. The predicted octanol–water partition coefficient (Wildman–Crippen LogP) is 3.86. The molecule has 0 N–H and O–H groups in total. The third-order valence-electron chi connectivity index (χ3n) is 3.74. The maximum Gasteiger partial charge on any atom is 0.231 e. The molecule has 0 fully saturated rings. The number of hydrogen-bond acceptors (Lipinski definition) is 5. The Morgan fingerprint density at radius 2 is 2.12 bits per heavy atom. The summed E-state index contributed by atoms with van der Waals surface area (Å²) in [4.78, 5) is 8.52. The van der Waals surface area contributed by atoms with Gasteiger partial charge in [0.15, 0.2) is 5.65 Å². The second kappa shape index (κ2) is 6.80. The molecule has 4 rings (SSSR count). The lowest BCUT2D eigenvalue weighted by molar-refractivity contribution is 0.295. The van der Waals surface area contributed by atoms with Gasteiger partial charge in [0.1, 0.15) is 0 Å². The van der Waals surface area contributed by atoms with Gasteiger partial charge < -0.3 is 4.74 Å². The van der Waals surface area contributed by atoms with Gasteiger partial charge in [0.25, 0.3) is 0 Å². The molecule has 6 heteroatoms. The summed E-state index contributed by atoms with van der Waals surface area (Å²) in [5, 5.41) is 8.70. The van der Waals surface area contributed by atoms with Crippen molar-refractivity contribution < 1.29 is 4.74 Å².